The van der Waals surface area contributed by atoms with E-state index in [4.69, 9.17) is 4.42 Å². The summed E-state index contributed by atoms with van der Waals surface area (Å²) in [4.78, 5) is 6.62. The largest absolute Gasteiger partial charge is 0.423 e. The van der Waals surface area contributed by atoms with E-state index in [-0.39, 0.29) is 11.5 Å². The Morgan fingerprint density at radius 1 is 1.33 bits per heavy atom. The molecule has 1 saturated heterocycles. The van der Waals surface area contributed by atoms with Crippen LogP contribution in [0.3, 0.4) is 0 Å². The van der Waals surface area contributed by atoms with Crippen molar-refractivity contribution in [3.05, 3.63) is 17.6 Å². The van der Waals surface area contributed by atoms with Crippen LogP contribution in [0.4, 0.5) is 5.13 Å². The summed E-state index contributed by atoms with van der Waals surface area (Å²) in [7, 11) is 0. The highest BCUT2D eigenvalue weighted by Gasteiger charge is 2.38. The standard InChI is InChI=1S/C13H19N5O2S/c1-7-15-16-10(20-7)9-5-8(19)6-18(9)12-14-11(17-21-12)13(2,3)4/h8-9,19H,5-6H2,1-4H3/t8-,9-/m1/s1. The number of aromatic nitrogens is 4. The van der Waals surface area contributed by atoms with Gasteiger partial charge < -0.3 is 14.4 Å². The van der Waals surface area contributed by atoms with Crippen molar-refractivity contribution < 1.29 is 9.52 Å². The van der Waals surface area contributed by atoms with Gasteiger partial charge in [0.1, 0.15) is 11.9 Å². The molecular formula is C13H19N5O2S. The van der Waals surface area contributed by atoms with Gasteiger partial charge in [-0.15, -0.1) is 10.2 Å². The van der Waals surface area contributed by atoms with E-state index in [0.29, 0.717) is 24.7 Å². The van der Waals surface area contributed by atoms with Gasteiger partial charge in [-0.1, -0.05) is 20.8 Å². The number of rotatable bonds is 2. The molecule has 1 N–H and O–H groups in total. The molecule has 0 aliphatic carbocycles. The van der Waals surface area contributed by atoms with E-state index in [9.17, 15) is 5.11 Å². The minimum Gasteiger partial charge on any atom is -0.423 e. The first kappa shape index (κ1) is 14.4. The SMILES string of the molecule is Cc1nnc([C@H]2C[C@@H](O)CN2c2nc(C(C)(C)C)ns2)o1. The van der Waals surface area contributed by atoms with Gasteiger partial charge in [-0.25, -0.2) is 4.98 Å². The van der Waals surface area contributed by atoms with Crippen molar-refractivity contribution in [2.45, 2.75) is 51.7 Å². The van der Waals surface area contributed by atoms with Gasteiger partial charge in [-0.3, -0.25) is 0 Å². The van der Waals surface area contributed by atoms with Gasteiger partial charge in [-0.2, -0.15) is 4.37 Å². The Balaban J connectivity index is 1.90. The van der Waals surface area contributed by atoms with E-state index < -0.39 is 6.10 Å². The van der Waals surface area contributed by atoms with Crippen molar-refractivity contribution in [3.8, 4) is 0 Å². The minimum absolute atomic E-state index is 0.0936. The summed E-state index contributed by atoms with van der Waals surface area (Å²) in [5, 5.41) is 18.7. The number of anilines is 1. The van der Waals surface area contributed by atoms with Crippen LogP contribution < -0.4 is 4.90 Å². The van der Waals surface area contributed by atoms with Crippen molar-refractivity contribution in [1.29, 1.82) is 0 Å². The predicted molar refractivity (Wildman–Crippen MR) is 78.4 cm³/mol. The summed E-state index contributed by atoms with van der Waals surface area (Å²) >= 11 is 1.34. The van der Waals surface area contributed by atoms with Gasteiger partial charge in [0.15, 0.2) is 0 Å². The fourth-order valence-corrected chi connectivity index (χ4v) is 3.26. The maximum Gasteiger partial charge on any atom is 0.239 e. The van der Waals surface area contributed by atoms with Crippen LogP contribution in [0.5, 0.6) is 0 Å². The van der Waals surface area contributed by atoms with Gasteiger partial charge in [0.2, 0.25) is 16.9 Å². The molecule has 3 rings (SSSR count). The molecule has 0 bridgehead atoms. The van der Waals surface area contributed by atoms with E-state index in [1.54, 1.807) is 6.92 Å². The molecule has 0 aromatic carbocycles. The molecule has 3 heterocycles. The summed E-state index contributed by atoms with van der Waals surface area (Å²) in [6.45, 7) is 8.50. The molecule has 2 aromatic heterocycles. The molecule has 8 heteroatoms. The quantitative estimate of drug-likeness (QED) is 0.905. The van der Waals surface area contributed by atoms with Crippen LogP contribution in [0.25, 0.3) is 0 Å². The molecule has 1 aliphatic rings. The van der Waals surface area contributed by atoms with Crippen LogP contribution in [0.15, 0.2) is 4.42 Å². The van der Waals surface area contributed by atoms with E-state index >= 15 is 0 Å². The highest BCUT2D eigenvalue weighted by molar-refractivity contribution is 7.09. The van der Waals surface area contributed by atoms with E-state index in [2.05, 4.69) is 40.3 Å². The zero-order valence-electron chi connectivity index (χ0n) is 12.6. The Morgan fingerprint density at radius 3 is 2.67 bits per heavy atom. The fourth-order valence-electron chi connectivity index (χ4n) is 2.34. The lowest BCUT2D eigenvalue weighted by molar-refractivity contribution is 0.192. The van der Waals surface area contributed by atoms with Crippen molar-refractivity contribution >= 4 is 16.7 Å². The smallest absolute Gasteiger partial charge is 0.239 e. The Labute approximate surface area is 127 Å². The molecule has 0 radical (unpaired) electrons. The number of hydrogen-bond donors (Lipinski definition) is 1. The fraction of sp³-hybridized carbons (Fsp3) is 0.692. The lowest BCUT2D eigenvalue weighted by Gasteiger charge is -2.20. The first-order chi connectivity index (χ1) is 9.84. The van der Waals surface area contributed by atoms with Gasteiger partial charge in [-0.05, 0) is 0 Å². The Bertz CT molecular complexity index is 633. The first-order valence-electron chi connectivity index (χ1n) is 6.93. The van der Waals surface area contributed by atoms with Crippen molar-refractivity contribution in [2.75, 3.05) is 11.4 Å². The molecule has 114 valence electrons. The van der Waals surface area contributed by atoms with Crippen LogP contribution in [0, 0.1) is 6.92 Å². The summed E-state index contributed by atoms with van der Waals surface area (Å²) in [5.41, 5.74) is -0.0936. The third kappa shape index (κ3) is 2.77. The van der Waals surface area contributed by atoms with Crippen molar-refractivity contribution in [1.82, 2.24) is 19.6 Å². The van der Waals surface area contributed by atoms with E-state index in [1.807, 2.05) is 4.90 Å². The highest BCUT2D eigenvalue weighted by Crippen LogP contribution is 2.37. The molecule has 21 heavy (non-hydrogen) atoms. The van der Waals surface area contributed by atoms with E-state index in [0.717, 1.165) is 11.0 Å². The molecule has 0 spiro atoms. The number of β-amino-alcohol motifs (C(OH)–C–C–N with tert-alkyl or cyclic N) is 1. The van der Waals surface area contributed by atoms with Gasteiger partial charge >= 0.3 is 0 Å². The number of nitrogens with zero attached hydrogens (tertiary/aromatic N) is 5. The maximum absolute atomic E-state index is 9.99. The van der Waals surface area contributed by atoms with Crippen LogP contribution in [-0.4, -0.2) is 37.3 Å². The maximum atomic E-state index is 9.99. The van der Waals surface area contributed by atoms with Crippen LogP contribution >= 0.6 is 11.5 Å². The summed E-state index contributed by atoms with van der Waals surface area (Å²) in [5.74, 6) is 1.86. The molecule has 7 nitrogen and oxygen atoms in total. The van der Waals surface area contributed by atoms with Crippen molar-refractivity contribution in [2.24, 2.45) is 0 Å². The third-order valence-electron chi connectivity index (χ3n) is 3.44. The summed E-state index contributed by atoms with van der Waals surface area (Å²) in [6, 6.07) is -0.137. The number of hydrogen-bond acceptors (Lipinski definition) is 8. The Morgan fingerprint density at radius 2 is 2.10 bits per heavy atom. The topological polar surface area (TPSA) is 88.2 Å². The second-order valence-corrected chi connectivity index (χ2v) is 7.10. The van der Waals surface area contributed by atoms with Gasteiger partial charge in [0.25, 0.3) is 0 Å². The first-order valence-corrected chi connectivity index (χ1v) is 7.71. The van der Waals surface area contributed by atoms with E-state index in [1.165, 1.54) is 11.5 Å². The van der Waals surface area contributed by atoms with Crippen LogP contribution in [-0.2, 0) is 5.41 Å². The highest BCUT2D eigenvalue weighted by atomic mass is 32.1. The average Bonchev–Trinajstić information content (AvgIpc) is 3.05. The predicted octanol–water partition coefficient (Wildman–Crippen LogP) is 1.84. The molecule has 2 atom stereocenters. The molecule has 0 saturated carbocycles. The average molecular weight is 309 g/mol. The number of aliphatic hydroxyl groups is 1. The summed E-state index contributed by atoms with van der Waals surface area (Å²) < 4.78 is 9.95. The molecule has 0 unspecified atom stereocenters. The number of aliphatic hydroxyl groups excluding tert-OH is 1. The van der Waals surface area contributed by atoms with Gasteiger partial charge in [0.05, 0.1) is 6.10 Å². The van der Waals surface area contributed by atoms with Crippen LogP contribution in [0.2, 0.25) is 0 Å². The van der Waals surface area contributed by atoms with Gasteiger partial charge in [0, 0.05) is 36.8 Å². The third-order valence-corrected chi connectivity index (χ3v) is 4.19. The van der Waals surface area contributed by atoms with Crippen molar-refractivity contribution in [3.63, 3.8) is 0 Å². The lowest BCUT2D eigenvalue weighted by Crippen LogP contribution is -2.24. The molecule has 2 aromatic rings. The summed E-state index contributed by atoms with van der Waals surface area (Å²) in [6.07, 6.45) is 0.135. The molecule has 1 aliphatic heterocycles. The minimum atomic E-state index is -0.427. The van der Waals surface area contributed by atoms with Crippen LogP contribution in [0.1, 0.15) is 50.8 Å². The monoisotopic (exact) mass is 309 g/mol. The molecule has 1 fully saturated rings. The lowest BCUT2D eigenvalue weighted by atomic mass is 9.96. The molecule has 0 amide bonds. The molecular weight excluding hydrogens is 290 g/mol. The normalized spacial score (nSPS) is 23.0. The zero-order valence-corrected chi connectivity index (χ0v) is 13.4. The Kier molecular flexibility index (Phi) is 3.45. The second-order valence-electron chi connectivity index (χ2n) is 6.37. The Hall–Kier alpha value is -1.54. The number of aryl methyl sites for hydroxylation is 1. The zero-order chi connectivity index (χ0) is 15.2. The second kappa shape index (κ2) is 5.03.